The number of hydrogen-bond acceptors (Lipinski definition) is 5. The lowest BCUT2D eigenvalue weighted by Crippen LogP contribution is -2.33. The Balaban J connectivity index is 1.38. The first-order chi connectivity index (χ1) is 17.7. The number of unbranched alkanes of at least 4 members (excludes halogenated alkanes) is 3. The number of hydrogen-bond donors (Lipinski definition) is 0. The normalized spacial score (nSPS) is 18.2. The summed E-state index contributed by atoms with van der Waals surface area (Å²) in [5, 5.41) is 7.19. The molecule has 0 saturated heterocycles. The van der Waals surface area contributed by atoms with Crippen LogP contribution in [0.1, 0.15) is 74.9 Å². The lowest BCUT2D eigenvalue weighted by atomic mass is 9.96. The second-order valence-electron chi connectivity index (χ2n) is 9.23. The third kappa shape index (κ3) is 5.39. The fraction of sp³-hybridized carbons (Fsp3) is 0.367. The van der Waals surface area contributed by atoms with Crippen molar-refractivity contribution in [2.45, 2.75) is 58.2 Å². The number of rotatable bonds is 10. The van der Waals surface area contributed by atoms with Crippen LogP contribution in [0.3, 0.4) is 0 Å². The number of benzene rings is 3. The maximum Gasteiger partial charge on any atom is 0.213 e. The van der Waals surface area contributed by atoms with Crippen LogP contribution in [0.25, 0.3) is 0 Å². The topological polar surface area (TPSA) is 43.3 Å². The molecule has 0 unspecified atom stereocenters. The maximum absolute atomic E-state index is 6.52. The van der Waals surface area contributed by atoms with E-state index >= 15 is 0 Å². The van der Waals surface area contributed by atoms with Gasteiger partial charge in [0.1, 0.15) is 17.2 Å². The molecule has 2 atom stereocenters. The van der Waals surface area contributed by atoms with Gasteiger partial charge in [0, 0.05) is 22.0 Å². The van der Waals surface area contributed by atoms with E-state index in [-0.39, 0.29) is 12.3 Å². The highest BCUT2D eigenvalue weighted by molar-refractivity contribution is 9.10. The first-order valence-corrected chi connectivity index (χ1v) is 13.7. The summed E-state index contributed by atoms with van der Waals surface area (Å²) in [6.07, 6.45) is 5.31. The van der Waals surface area contributed by atoms with Crippen LogP contribution >= 0.6 is 15.9 Å². The molecule has 2 aliphatic heterocycles. The van der Waals surface area contributed by atoms with Crippen LogP contribution in [0.5, 0.6) is 17.2 Å². The number of fused-ring (bicyclic) bond motifs is 3. The molecule has 3 aromatic carbocycles. The predicted octanol–water partition coefficient (Wildman–Crippen LogP) is 8.05. The lowest BCUT2D eigenvalue weighted by Gasteiger charge is -2.38. The third-order valence-corrected chi connectivity index (χ3v) is 7.18. The molecule has 0 amide bonds. The molecule has 5 rings (SSSR count). The molecule has 6 heteroatoms. The monoisotopic (exact) mass is 548 g/mol. The van der Waals surface area contributed by atoms with Crippen molar-refractivity contribution in [1.82, 2.24) is 5.01 Å². The summed E-state index contributed by atoms with van der Waals surface area (Å²) < 4.78 is 19.1. The van der Waals surface area contributed by atoms with Gasteiger partial charge in [-0.15, -0.1) is 0 Å². The van der Waals surface area contributed by atoms with E-state index in [0.717, 1.165) is 63.6 Å². The van der Waals surface area contributed by atoms with Crippen molar-refractivity contribution in [3.63, 3.8) is 0 Å². The van der Waals surface area contributed by atoms with Gasteiger partial charge in [-0.05, 0) is 85.6 Å². The second-order valence-corrected chi connectivity index (χ2v) is 10.2. The average Bonchev–Trinajstić information content (AvgIpc) is 3.35. The van der Waals surface area contributed by atoms with E-state index in [4.69, 9.17) is 19.3 Å². The van der Waals surface area contributed by atoms with Crippen molar-refractivity contribution in [2.24, 2.45) is 5.10 Å². The van der Waals surface area contributed by atoms with Crippen molar-refractivity contribution < 1.29 is 14.2 Å². The van der Waals surface area contributed by atoms with Gasteiger partial charge in [-0.3, -0.25) is 0 Å². The van der Waals surface area contributed by atoms with Crippen molar-refractivity contribution in [2.75, 3.05) is 13.2 Å². The molecule has 0 radical (unpaired) electrons. The molecule has 5 nitrogen and oxygen atoms in total. The zero-order valence-electron chi connectivity index (χ0n) is 21.0. The molecule has 0 fully saturated rings. The van der Waals surface area contributed by atoms with E-state index in [2.05, 4.69) is 58.2 Å². The van der Waals surface area contributed by atoms with Crippen molar-refractivity contribution >= 4 is 21.6 Å². The standard InChI is InChI=1S/C30H33BrN2O3/c1-3-5-6-7-18-35-25-15-10-22(11-16-25)30-33-28(26-19-23(31)12-17-29(26)36-30)20-27(32-33)21-8-13-24(14-9-21)34-4-2/h8-17,19,28,30H,3-7,18,20H2,1-2H3/t28-,30-/m1/s1. The van der Waals surface area contributed by atoms with Crippen LogP contribution in [-0.4, -0.2) is 23.9 Å². The molecule has 2 aliphatic rings. The van der Waals surface area contributed by atoms with E-state index in [9.17, 15) is 0 Å². The number of halogens is 1. The Kier molecular flexibility index (Phi) is 7.81. The number of nitrogens with zero attached hydrogens (tertiary/aromatic N) is 2. The summed E-state index contributed by atoms with van der Waals surface area (Å²) >= 11 is 3.63. The van der Waals surface area contributed by atoms with Crippen LogP contribution in [0.2, 0.25) is 0 Å². The molecule has 3 aromatic rings. The van der Waals surface area contributed by atoms with E-state index in [1.54, 1.807) is 0 Å². The quantitative estimate of drug-likeness (QED) is 0.240. The minimum Gasteiger partial charge on any atom is -0.494 e. The molecule has 2 heterocycles. The van der Waals surface area contributed by atoms with Gasteiger partial charge in [-0.25, -0.2) is 5.01 Å². The van der Waals surface area contributed by atoms with Gasteiger partial charge in [-0.2, -0.15) is 5.10 Å². The molecule has 0 aliphatic carbocycles. The Bertz CT molecular complexity index is 1190. The second kappa shape index (κ2) is 11.4. The minimum atomic E-state index is -0.303. The first kappa shape index (κ1) is 24.7. The molecule has 0 spiro atoms. The highest BCUT2D eigenvalue weighted by Gasteiger charge is 2.41. The Labute approximate surface area is 222 Å². The van der Waals surface area contributed by atoms with Crippen LogP contribution < -0.4 is 14.2 Å². The van der Waals surface area contributed by atoms with Gasteiger partial charge < -0.3 is 14.2 Å². The van der Waals surface area contributed by atoms with Crippen LogP contribution in [0.4, 0.5) is 0 Å². The molecule has 36 heavy (non-hydrogen) atoms. The average molecular weight is 550 g/mol. The largest absolute Gasteiger partial charge is 0.494 e. The lowest BCUT2D eigenvalue weighted by molar-refractivity contribution is -0.0191. The summed E-state index contributed by atoms with van der Waals surface area (Å²) in [5.74, 6) is 2.68. The fourth-order valence-corrected chi connectivity index (χ4v) is 5.19. The highest BCUT2D eigenvalue weighted by atomic mass is 79.9. The molecule has 0 aromatic heterocycles. The smallest absolute Gasteiger partial charge is 0.213 e. The van der Waals surface area contributed by atoms with Gasteiger partial charge >= 0.3 is 0 Å². The van der Waals surface area contributed by atoms with Crippen molar-refractivity contribution in [3.8, 4) is 17.2 Å². The summed E-state index contributed by atoms with van der Waals surface area (Å²) in [7, 11) is 0. The van der Waals surface area contributed by atoms with E-state index in [0.29, 0.717) is 6.61 Å². The van der Waals surface area contributed by atoms with Gasteiger partial charge in [0.15, 0.2) is 0 Å². The fourth-order valence-electron chi connectivity index (χ4n) is 4.81. The zero-order valence-corrected chi connectivity index (χ0v) is 22.5. The summed E-state index contributed by atoms with van der Waals surface area (Å²) in [6.45, 7) is 5.63. The Morgan fingerprint density at radius 3 is 2.42 bits per heavy atom. The summed E-state index contributed by atoms with van der Waals surface area (Å²) in [4.78, 5) is 0. The van der Waals surface area contributed by atoms with E-state index in [1.807, 2.05) is 43.3 Å². The maximum atomic E-state index is 6.52. The Morgan fingerprint density at radius 1 is 0.917 bits per heavy atom. The van der Waals surface area contributed by atoms with Gasteiger partial charge in [0.05, 0.1) is 25.0 Å². The Morgan fingerprint density at radius 2 is 1.67 bits per heavy atom. The van der Waals surface area contributed by atoms with Crippen LogP contribution in [0.15, 0.2) is 76.3 Å². The molecule has 0 saturated carbocycles. The molecular weight excluding hydrogens is 516 g/mol. The molecule has 0 N–H and O–H groups in total. The third-order valence-electron chi connectivity index (χ3n) is 6.68. The zero-order chi connectivity index (χ0) is 24.9. The summed E-state index contributed by atoms with van der Waals surface area (Å²) in [5.41, 5.74) is 4.37. The molecule has 0 bridgehead atoms. The van der Waals surface area contributed by atoms with Crippen molar-refractivity contribution in [1.29, 1.82) is 0 Å². The SMILES string of the molecule is CCCCCCOc1ccc([C@H]2Oc3ccc(Br)cc3[C@H]3CC(c4ccc(OCC)cc4)=NN32)cc1. The van der Waals surface area contributed by atoms with Gasteiger partial charge in [0.2, 0.25) is 6.23 Å². The first-order valence-electron chi connectivity index (χ1n) is 12.9. The predicted molar refractivity (Wildman–Crippen MR) is 147 cm³/mol. The van der Waals surface area contributed by atoms with Gasteiger partial charge in [0.25, 0.3) is 0 Å². The van der Waals surface area contributed by atoms with Crippen LogP contribution in [-0.2, 0) is 0 Å². The molecule has 188 valence electrons. The minimum absolute atomic E-state index is 0.104. The highest BCUT2D eigenvalue weighted by Crippen LogP contribution is 2.48. The van der Waals surface area contributed by atoms with E-state index < -0.39 is 0 Å². The summed E-state index contributed by atoms with van der Waals surface area (Å²) in [6, 6.07) is 22.8. The van der Waals surface area contributed by atoms with Crippen LogP contribution in [0, 0.1) is 0 Å². The van der Waals surface area contributed by atoms with Crippen molar-refractivity contribution in [3.05, 3.63) is 87.9 Å². The van der Waals surface area contributed by atoms with E-state index in [1.165, 1.54) is 19.3 Å². The number of ether oxygens (including phenoxy) is 3. The number of hydrazone groups is 1. The Hall–Kier alpha value is -2.99. The van der Waals surface area contributed by atoms with Gasteiger partial charge in [-0.1, -0.05) is 42.1 Å². The molecular formula is C30H33BrN2O3.